The molecule has 0 bridgehead atoms. The molecule has 1 aliphatic carbocycles. The Hall–Kier alpha value is -0.360. The first kappa shape index (κ1) is 18.7. The molecule has 2 aliphatic rings. The number of hydrogen-bond donors (Lipinski definition) is 1. The third-order valence-electron chi connectivity index (χ3n) is 4.40. The third kappa shape index (κ3) is 5.40. The third-order valence-corrected chi connectivity index (χ3v) is 4.40. The van der Waals surface area contributed by atoms with Crippen LogP contribution in [-0.2, 0) is 14.3 Å². The van der Waals surface area contributed by atoms with Crippen LogP contribution in [0.2, 0.25) is 0 Å². The van der Waals surface area contributed by atoms with Gasteiger partial charge in [0.1, 0.15) is 0 Å². The van der Waals surface area contributed by atoms with E-state index in [2.05, 4.69) is 5.32 Å². The highest BCUT2D eigenvalue weighted by molar-refractivity contribution is 5.85. The van der Waals surface area contributed by atoms with E-state index in [0.29, 0.717) is 19.8 Å². The molecule has 1 saturated heterocycles. The lowest BCUT2D eigenvalue weighted by Gasteiger charge is -2.38. The maximum absolute atomic E-state index is 12.7. The molecule has 124 valence electrons. The lowest BCUT2D eigenvalue weighted by Crippen LogP contribution is -2.51. The second-order valence-corrected chi connectivity index (χ2v) is 6.21. The van der Waals surface area contributed by atoms with Gasteiger partial charge in [-0.3, -0.25) is 4.79 Å². The summed E-state index contributed by atoms with van der Waals surface area (Å²) in [6, 6.07) is 0. The van der Waals surface area contributed by atoms with E-state index in [4.69, 9.17) is 9.47 Å². The Bertz CT molecular complexity index is 313. The number of nitrogens with one attached hydrogen (secondary N) is 1. The summed E-state index contributed by atoms with van der Waals surface area (Å²) in [5, 5.41) is 3.31. The van der Waals surface area contributed by atoms with E-state index in [9.17, 15) is 4.79 Å². The molecule has 0 atom stereocenters. The van der Waals surface area contributed by atoms with Gasteiger partial charge in [-0.15, -0.1) is 12.4 Å². The number of rotatable bonds is 8. The molecule has 0 spiro atoms. The molecule has 0 radical (unpaired) electrons. The number of methoxy groups -OCH3 is 1. The van der Waals surface area contributed by atoms with E-state index in [0.717, 1.165) is 38.5 Å². The molecule has 2 fully saturated rings. The molecule has 1 aliphatic heterocycles. The van der Waals surface area contributed by atoms with Crippen LogP contribution in [-0.4, -0.2) is 64.4 Å². The number of ether oxygens (including phenoxy) is 2. The van der Waals surface area contributed by atoms with Crippen molar-refractivity contribution >= 4 is 18.3 Å². The number of likely N-dealkylation sites (N-methyl/N-ethyl adjacent to an activating group) is 1. The highest BCUT2D eigenvalue weighted by Crippen LogP contribution is 2.31. The monoisotopic (exact) mass is 320 g/mol. The predicted octanol–water partition coefficient (Wildman–Crippen LogP) is 1.31. The molecule has 0 aromatic carbocycles. The lowest BCUT2D eigenvalue weighted by molar-refractivity contribution is -0.146. The Kier molecular flexibility index (Phi) is 7.95. The van der Waals surface area contributed by atoms with Gasteiger partial charge in [0.2, 0.25) is 5.91 Å². The van der Waals surface area contributed by atoms with Crippen LogP contribution in [0.5, 0.6) is 0 Å². The smallest absolute Gasteiger partial charge is 0.231 e. The molecule has 5 nitrogen and oxygen atoms in total. The second kappa shape index (κ2) is 8.93. The largest absolute Gasteiger partial charge is 0.384 e. The van der Waals surface area contributed by atoms with Crippen LogP contribution in [0, 0.1) is 11.3 Å². The van der Waals surface area contributed by atoms with Crippen molar-refractivity contribution in [3.63, 3.8) is 0 Å². The first-order valence-corrected chi connectivity index (χ1v) is 7.71. The Morgan fingerprint density at radius 3 is 2.57 bits per heavy atom. The molecule has 2 rings (SSSR count). The van der Waals surface area contributed by atoms with Gasteiger partial charge in [0, 0.05) is 27.3 Å². The zero-order valence-corrected chi connectivity index (χ0v) is 14.0. The van der Waals surface area contributed by atoms with Gasteiger partial charge in [-0.05, 0) is 44.7 Å². The quantitative estimate of drug-likeness (QED) is 0.685. The van der Waals surface area contributed by atoms with Crippen LogP contribution in [0.3, 0.4) is 0 Å². The van der Waals surface area contributed by atoms with Gasteiger partial charge < -0.3 is 19.7 Å². The Morgan fingerprint density at radius 1 is 1.33 bits per heavy atom. The van der Waals surface area contributed by atoms with Crippen molar-refractivity contribution in [1.82, 2.24) is 10.2 Å². The van der Waals surface area contributed by atoms with Crippen LogP contribution in [0.4, 0.5) is 0 Å². The standard InChI is InChI=1S/C15H28N2O3.ClH/c1-17(9-10-20-11-13-3-4-13)14(18)15(12-19-2)5-7-16-8-6-15;/h13,16H,3-12H2,1-2H3;1H. The fourth-order valence-corrected chi connectivity index (χ4v) is 2.84. The predicted molar refractivity (Wildman–Crippen MR) is 84.8 cm³/mol. The van der Waals surface area contributed by atoms with Crippen molar-refractivity contribution < 1.29 is 14.3 Å². The molecule has 1 heterocycles. The molecular weight excluding hydrogens is 292 g/mol. The van der Waals surface area contributed by atoms with E-state index in [1.165, 1.54) is 12.8 Å². The van der Waals surface area contributed by atoms with Gasteiger partial charge in [0.15, 0.2) is 0 Å². The zero-order valence-electron chi connectivity index (χ0n) is 13.2. The summed E-state index contributed by atoms with van der Waals surface area (Å²) < 4.78 is 10.9. The minimum Gasteiger partial charge on any atom is -0.384 e. The van der Waals surface area contributed by atoms with Crippen LogP contribution >= 0.6 is 12.4 Å². The molecule has 21 heavy (non-hydrogen) atoms. The SMILES string of the molecule is COCC1(C(=O)N(C)CCOCC2CC2)CCNCC1.Cl. The minimum atomic E-state index is -0.342. The fraction of sp³-hybridized carbons (Fsp3) is 0.933. The van der Waals surface area contributed by atoms with Gasteiger partial charge in [-0.2, -0.15) is 0 Å². The summed E-state index contributed by atoms with van der Waals surface area (Å²) >= 11 is 0. The first-order chi connectivity index (χ1) is 9.68. The van der Waals surface area contributed by atoms with Crippen LogP contribution in [0.25, 0.3) is 0 Å². The van der Waals surface area contributed by atoms with Crippen molar-refractivity contribution in [1.29, 1.82) is 0 Å². The number of carbonyl (C=O) groups excluding carboxylic acids is 1. The number of halogens is 1. The van der Waals surface area contributed by atoms with Crippen LogP contribution in [0.15, 0.2) is 0 Å². The number of hydrogen-bond acceptors (Lipinski definition) is 4. The lowest BCUT2D eigenvalue weighted by atomic mass is 9.78. The number of amides is 1. The maximum Gasteiger partial charge on any atom is 0.231 e. The van der Waals surface area contributed by atoms with Gasteiger partial charge in [0.25, 0.3) is 0 Å². The van der Waals surface area contributed by atoms with Crippen molar-refractivity contribution in [2.24, 2.45) is 11.3 Å². The van der Waals surface area contributed by atoms with Gasteiger partial charge in [0.05, 0.1) is 18.6 Å². The highest BCUT2D eigenvalue weighted by atomic mass is 35.5. The summed E-state index contributed by atoms with van der Waals surface area (Å²) in [5.74, 6) is 0.983. The van der Waals surface area contributed by atoms with E-state index < -0.39 is 0 Å². The summed E-state index contributed by atoms with van der Waals surface area (Å²) in [4.78, 5) is 14.5. The Morgan fingerprint density at radius 2 is 2.00 bits per heavy atom. The molecule has 0 aromatic heterocycles. The number of piperidine rings is 1. The topological polar surface area (TPSA) is 50.8 Å². The zero-order chi connectivity index (χ0) is 14.4. The molecule has 0 unspecified atom stereocenters. The van der Waals surface area contributed by atoms with Crippen LogP contribution < -0.4 is 5.32 Å². The van der Waals surface area contributed by atoms with E-state index in [1.54, 1.807) is 7.11 Å². The Balaban J connectivity index is 0.00000220. The fourth-order valence-electron chi connectivity index (χ4n) is 2.84. The summed E-state index contributed by atoms with van der Waals surface area (Å²) in [6.07, 6.45) is 4.32. The Labute approximate surface area is 134 Å². The van der Waals surface area contributed by atoms with Crippen molar-refractivity contribution in [2.75, 3.05) is 53.6 Å². The first-order valence-electron chi connectivity index (χ1n) is 7.71. The molecular formula is C15H29ClN2O3. The maximum atomic E-state index is 12.7. The average molecular weight is 321 g/mol. The van der Waals surface area contributed by atoms with Crippen molar-refractivity contribution in [2.45, 2.75) is 25.7 Å². The van der Waals surface area contributed by atoms with E-state index >= 15 is 0 Å². The molecule has 0 aromatic rings. The van der Waals surface area contributed by atoms with Gasteiger partial charge in [-0.1, -0.05) is 0 Å². The summed E-state index contributed by atoms with van der Waals surface area (Å²) in [6.45, 7) is 4.46. The van der Waals surface area contributed by atoms with E-state index in [1.807, 2.05) is 11.9 Å². The molecule has 1 amide bonds. The van der Waals surface area contributed by atoms with E-state index in [-0.39, 0.29) is 23.7 Å². The summed E-state index contributed by atoms with van der Waals surface area (Å²) in [5.41, 5.74) is -0.342. The minimum absolute atomic E-state index is 0. The molecule has 1 N–H and O–H groups in total. The highest BCUT2D eigenvalue weighted by Gasteiger charge is 2.41. The summed E-state index contributed by atoms with van der Waals surface area (Å²) in [7, 11) is 3.55. The van der Waals surface area contributed by atoms with Crippen LogP contribution in [0.1, 0.15) is 25.7 Å². The van der Waals surface area contributed by atoms with Gasteiger partial charge >= 0.3 is 0 Å². The number of nitrogens with zero attached hydrogens (tertiary/aromatic N) is 1. The number of carbonyl (C=O) groups is 1. The van der Waals surface area contributed by atoms with Gasteiger partial charge in [-0.25, -0.2) is 0 Å². The molecule has 6 heteroatoms. The molecule has 1 saturated carbocycles. The van der Waals surface area contributed by atoms with Crippen molar-refractivity contribution in [3.05, 3.63) is 0 Å². The normalized spacial score (nSPS) is 20.7. The second-order valence-electron chi connectivity index (χ2n) is 6.21. The van der Waals surface area contributed by atoms with Crippen molar-refractivity contribution in [3.8, 4) is 0 Å². The average Bonchev–Trinajstić information content (AvgIpc) is 3.28.